The van der Waals surface area contributed by atoms with Gasteiger partial charge in [0.25, 0.3) is 0 Å². The van der Waals surface area contributed by atoms with Crippen molar-refractivity contribution in [3.05, 3.63) is 36.2 Å². The minimum absolute atomic E-state index is 0.297. The van der Waals surface area contributed by atoms with Crippen LogP contribution < -0.4 is 0 Å². The van der Waals surface area contributed by atoms with Crippen LogP contribution in [0, 0.1) is 0 Å². The molecule has 2 atom stereocenters. The number of hydrogen-bond donors (Lipinski definition) is 1. The molecular formula is C20H28N4O2. The Kier molecular flexibility index (Phi) is 5.07. The van der Waals surface area contributed by atoms with Crippen LogP contribution in [-0.4, -0.2) is 63.4 Å². The first kappa shape index (κ1) is 17.6. The molecule has 0 bridgehead atoms. The summed E-state index contributed by atoms with van der Waals surface area (Å²) in [6, 6.07) is 7.99. The maximum absolute atomic E-state index is 11.4. The summed E-state index contributed by atoms with van der Waals surface area (Å²) >= 11 is 0. The molecule has 0 unspecified atom stereocenters. The summed E-state index contributed by atoms with van der Waals surface area (Å²) in [5, 5.41) is 15.5. The number of rotatable bonds is 5. The molecule has 2 fully saturated rings. The number of fused-ring (bicyclic) bond motifs is 1. The number of pyridine rings is 1. The highest BCUT2D eigenvalue weighted by molar-refractivity contribution is 5.52. The molecule has 2 aromatic heterocycles. The molecule has 0 aliphatic carbocycles. The van der Waals surface area contributed by atoms with E-state index >= 15 is 0 Å². The molecule has 2 aliphatic heterocycles. The van der Waals surface area contributed by atoms with Crippen molar-refractivity contribution in [2.75, 3.05) is 26.7 Å². The van der Waals surface area contributed by atoms with Gasteiger partial charge in [0.2, 0.25) is 0 Å². The highest BCUT2D eigenvalue weighted by Gasteiger charge is 2.44. The van der Waals surface area contributed by atoms with E-state index in [1.165, 1.54) is 12.8 Å². The highest BCUT2D eigenvalue weighted by Crippen LogP contribution is 2.34. The third-order valence-corrected chi connectivity index (χ3v) is 5.74. The number of aromatic nitrogens is 2. The van der Waals surface area contributed by atoms with Crippen LogP contribution in [0.1, 0.15) is 37.9 Å². The van der Waals surface area contributed by atoms with E-state index in [2.05, 4.69) is 19.9 Å². The Balaban J connectivity index is 1.40. The molecule has 0 saturated carbocycles. The zero-order valence-electron chi connectivity index (χ0n) is 15.5. The second-order valence-electron chi connectivity index (χ2n) is 7.82. The molecule has 6 nitrogen and oxygen atoms in total. The molecule has 0 aromatic carbocycles. The summed E-state index contributed by atoms with van der Waals surface area (Å²) in [7, 11) is 2.04. The van der Waals surface area contributed by atoms with Crippen molar-refractivity contribution in [3.8, 4) is 11.4 Å². The van der Waals surface area contributed by atoms with Gasteiger partial charge in [-0.25, -0.2) is 0 Å². The lowest BCUT2D eigenvalue weighted by Crippen LogP contribution is -2.62. The Labute approximate surface area is 154 Å². The Morgan fingerprint density at radius 2 is 2.15 bits per heavy atom. The third-order valence-electron chi connectivity index (χ3n) is 5.74. The van der Waals surface area contributed by atoms with Crippen molar-refractivity contribution in [3.63, 3.8) is 0 Å². The molecule has 2 aliphatic rings. The lowest BCUT2D eigenvalue weighted by atomic mass is 9.79. The number of likely N-dealkylation sites (N-methyl/N-ethyl adjacent to an activating group) is 1. The van der Waals surface area contributed by atoms with Gasteiger partial charge >= 0.3 is 0 Å². The molecule has 0 radical (unpaired) electrons. The Bertz CT molecular complexity index is 718. The van der Waals surface area contributed by atoms with Crippen LogP contribution in [-0.2, 0) is 6.54 Å². The topological polar surface area (TPSA) is 65.6 Å². The number of aliphatic hydroxyl groups is 1. The Hall–Kier alpha value is -1.76. The van der Waals surface area contributed by atoms with Crippen LogP contribution in [0.3, 0.4) is 0 Å². The van der Waals surface area contributed by atoms with E-state index in [1.54, 1.807) is 6.20 Å². The van der Waals surface area contributed by atoms with Crippen molar-refractivity contribution < 1.29 is 9.63 Å². The van der Waals surface area contributed by atoms with Gasteiger partial charge in [-0.05, 0) is 58.0 Å². The van der Waals surface area contributed by atoms with E-state index in [4.69, 9.17) is 4.52 Å². The maximum atomic E-state index is 11.4. The molecule has 4 rings (SSSR count). The minimum atomic E-state index is -0.628. The van der Waals surface area contributed by atoms with Crippen LogP contribution in [0.5, 0.6) is 0 Å². The molecule has 140 valence electrons. The summed E-state index contributed by atoms with van der Waals surface area (Å²) in [5.74, 6) is 0.799. The highest BCUT2D eigenvalue weighted by atomic mass is 16.5. The van der Waals surface area contributed by atoms with Gasteiger partial charge in [-0.3, -0.25) is 14.8 Å². The normalized spacial score (nSPS) is 26.8. The number of hydrogen-bond acceptors (Lipinski definition) is 6. The Morgan fingerprint density at radius 1 is 1.27 bits per heavy atom. The standard InChI is InChI=1S/C20H28N4O2/c1-23(14-16-13-18(22-26-16)17-7-2-4-10-21-17)15-20(25)9-6-12-24-11-5-3-8-19(20)24/h2,4,7,10,13,19,25H,3,5-6,8-9,11-12,14-15H2,1H3/t19-,20-/m1/s1. The van der Waals surface area contributed by atoms with Gasteiger partial charge in [0, 0.05) is 24.8 Å². The van der Waals surface area contributed by atoms with Gasteiger partial charge in [0.15, 0.2) is 5.76 Å². The van der Waals surface area contributed by atoms with Crippen LogP contribution in [0.15, 0.2) is 35.0 Å². The smallest absolute Gasteiger partial charge is 0.151 e. The van der Waals surface area contributed by atoms with Crippen molar-refractivity contribution in [2.45, 2.75) is 50.3 Å². The SMILES string of the molecule is CN(Cc1cc(-c2ccccn2)no1)C[C@]1(O)CCCN2CCCC[C@@H]21. The van der Waals surface area contributed by atoms with Gasteiger partial charge in [0.1, 0.15) is 5.69 Å². The number of piperidine rings is 2. The molecule has 4 heterocycles. The van der Waals surface area contributed by atoms with Crippen LogP contribution >= 0.6 is 0 Å². The van der Waals surface area contributed by atoms with E-state index < -0.39 is 5.60 Å². The largest absolute Gasteiger partial charge is 0.387 e. The monoisotopic (exact) mass is 356 g/mol. The molecule has 6 heteroatoms. The second-order valence-corrected chi connectivity index (χ2v) is 7.82. The molecule has 0 amide bonds. The molecule has 1 N–H and O–H groups in total. The average Bonchev–Trinajstić information content (AvgIpc) is 3.11. The molecule has 0 spiro atoms. The lowest BCUT2D eigenvalue weighted by molar-refractivity contribution is -0.108. The minimum Gasteiger partial charge on any atom is -0.387 e. The zero-order chi connectivity index (χ0) is 18.0. The average molecular weight is 356 g/mol. The number of nitrogens with zero attached hydrogens (tertiary/aromatic N) is 4. The lowest BCUT2D eigenvalue weighted by Gasteiger charge is -2.50. The van der Waals surface area contributed by atoms with Crippen LogP contribution in [0.4, 0.5) is 0 Å². The van der Waals surface area contributed by atoms with Crippen molar-refractivity contribution in [1.82, 2.24) is 19.9 Å². The molecular weight excluding hydrogens is 328 g/mol. The Morgan fingerprint density at radius 3 is 3.00 bits per heavy atom. The van der Waals surface area contributed by atoms with Gasteiger partial charge in [0.05, 0.1) is 17.8 Å². The third kappa shape index (κ3) is 3.68. The quantitative estimate of drug-likeness (QED) is 0.888. The zero-order valence-corrected chi connectivity index (χ0v) is 15.5. The van der Waals surface area contributed by atoms with E-state index in [-0.39, 0.29) is 0 Å². The fourth-order valence-corrected chi connectivity index (χ4v) is 4.62. The summed E-state index contributed by atoms with van der Waals surface area (Å²) in [4.78, 5) is 8.96. The summed E-state index contributed by atoms with van der Waals surface area (Å²) in [5.41, 5.74) is 0.940. The van der Waals surface area contributed by atoms with Gasteiger partial charge in [-0.1, -0.05) is 17.6 Å². The predicted molar refractivity (Wildman–Crippen MR) is 99.5 cm³/mol. The second kappa shape index (κ2) is 7.47. The maximum Gasteiger partial charge on any atom is 0.151 e. The van der Waals surface area contributed by atoms with Crippen molar-refractivity contribution in [1.29, 1.82) is 0 Å². The first-order chi connectivity index (χ1) is 12.6. The first-order valence-corrected chi connectivity index (χ1v) is 9.66. The predicted octanol–water partition coefficient (Wildman–Crippen LogP) is 2.55. The molecule has 26 heavy (non-hydrogen) atoms. The van der Waals surface area contributed by atoms with E-state index in [0.29, 0.717) is 19.1 Å². The van der Waals surface area contributed by atoms with Gasteiger partial charge < -0.3 is 9.63 Å². The van der Waals surface area contributed by atoms with Gasteiger partial charge in [-0.2, -0.15) is 0 Å². The van der Waals surface area contributed by atoms with Crippen LogP contribution in [0.25, 0.3) is 11.4 Å². The van der Waals surface area contributed by atoms with E-state index in [1.807, 2.05) is 31.3 Å². The summed E-state index contributed by atoms with van der Waals surface area (Å²) in [6.45, 7) is 3.56. The van der Waals surface area contributed by atoms with Crippen molar-refractivity contribution in [2.24, 2.45) is 0 Å². The van der Waals surface area contributed by atoms with E-state index in [9.17, 15) is 5.11 Å². The van der Waals surface area contributed by atoms with Crippen molar-refractivity contribution >= 4 is 0 Å². The molecule has 2 saturated heterocycles. The van der Waals surface area contributed by atoms with Gasteiger partial charge in [-0.15, -0.1) is 0 Å². The summed E-state index contributed by atoms with van der Waals surface area (Å²) in [6.07, 6.45) is 7.31. The van der Waals surface area contributed by atoms with E-state index in [0.717, 1.165) is 49.5 Å². The van der Waals surface area contributed by atoms with Crippen LogP contribution in [0.2, 0.25) is 0 Å². The fraction of sp³-hybridized carbons (Fsp3) is 0.600. The summed E-state index contributed by atoms with van der Waals surface area (Å²) < 4.78 is 5.49. The molecule has 2 aromatic rings. The first-order valence-electron chi connectivity index (χ1n) is 9.66. The fourth-order valence-electron chi connectivity index (χ4n) is 4.62.